The van der Waals surface area contributed by atoms with Crippen molar-refractivity contribution in [2.24, 2.45) is 0 Å². The number of benzene rings is 2. The van der Waals surface area contributed by atoms with E-state index >= 15 is 0 Å². The Morgan fingerprint density at radius 2 is 1.76 bits per heavy atom. The number of carbonyl (C=O) groups is 4. The molecule has 2 aromatic carbocycles. The van der Waals surface area contributed by atoms with Crippen molar-refractivity contribution in [3.05, 3.63) is 70.8 Å². The van der Waals surface area contributed by atoms with Crippen molar-refractivity contribution in [1.82, 2.24) is 9.80 Å². The molecular formula is C23H22N2O7S. The van der Waals surface area contributed by atoms with E-state index in [4.69, 9.17) is 4.74 Å². The Morgan fingerprint density at radius 3 is 2.42 bits per heavy atom. The molecular weight excluding hydrogens is 448 g/mol. The highest BCUT2D eigenvalue weighted by atomic mass is 32.2. The first-order valence-corrected chi connectivity index (χ1v) is 12.2. The Morgan fingerprint density at radius 1 is 1.06 bits per heavy atom. The van der Waals surface area contributed by atoms with Gasteiger partial charge in [-0.3, -0.25) is 19.3 Å². The fourth-order valence-electron chi connectivity index (χ4n) is 3.92. The summed E-state index contributed by atoms with van der Waals surface area (Å²) < 4.78 is 28.3. The SMILES string of the molecule is CN(C(=O)COC(=O)c1ccc2c(c1)C(=O)N(Cc1ccccc1)C2=O)C1CCS(=O)(=O)C1. The fraction of sp³-hybridized carbons (Fsp3) is 0.304. The van der Waals surface area contributed by atoms with Gasteiger partial charge in [0.05, 0.1) is 34.7 Å². The maximum absolute atomic E-state index is 12.8. The molecule has 0 aliphatic carbocycles. The van der Waals surface area contributed by atoms with Gasteiger partial charge in [0.1, 0.15) is 0 Å². The molecule has 9 nitrogen and oxygen atoms in total. The first-order chi connectivity index (χ1) is 15.7. The van der Waals surface area contributed by atoms with Gasteiger partial charge >= 0.3 is 5.97 Å². The van der Waals surface area contributed by atoms with E-state index in [9.17, 15) is 27.6 Å². The molecule has 1 fully saturated rings. The van der Waals surface area contributed by atoms with Crippen molar-refractivity contribution < 1.29 is 32.3 Å². The third kappa shape index (κ3) is 4.65. The maximum Gasteiger partial charge on any atom is 0.338 e. The van der Waals surface area contributed by atoms with Gasteiger partial charge in [0.25, 0.3) is 17.7 Å². The van der Waals surface area contributed by atoms with Crippen LogP contribution in [0.3, 0.4) is 0 Å². The van der Waals surface area contributed by atoms with Crippen LogP contribution in [0.4, 0.5) is 0 Å². The first kappa shape index (κ1) is 22.7. The number of imide groups is 1. The number of fused-ring (bicyclic) bond motifs is 1. The molecule has 0 radical (unpaired) electrons. The zero-order chi connectivity index (χ0) is 23.8. The quantitative estimate of drug-likeness (QED) is 0.461. The smallest absolute Gasteiger partial charge is 0.338 e. The van der Waals surface area contributed by atoms with Crippen LogP contribution in [-0.4, -0.2) is 73.1 Å². The average Bonchev–Trinajstić information content (AvgIpc) is 3.29. The standard InChI is InChI=1S/C23H22N2O7S/c1-24(17-9-10-33(30,31)14-17)20(26)13-32-23(29)16-7-8-18-19(11-16)22(28)25(21(18)27)12-15-5-3-2-4-6-15/h2-8,11,17H,9-10,12-14H2,1H3. The fourth-order valence-corrected chi connectivity index (χ4v) is 5.70. The summed E-state index contributed by atoms with van der Waals surface area (Å²) in [7, 11) is -1.68. The molecule has 33 heavy (non-hydrogen) atoms. The van der Waals surface area contributed by atoms with Gasteiger partial charge in [-0.15, -0.1) is 0 Å². The summed E-state index contributed by atoms with van der Waals surface area (Å²) >= 11 is 0. The Labute approximate surface area is 190 Å². The van der Waals surface area contributed by atoms with E-state index in [2.05, 4.69) is 0 Å². The molecule has 10 heteroatoms. The number of hydrogen-bond donors (Lipinski definition) is 0. The van der Waals surface area contributed by atoms with E-state index in [1.807, 2.05) is 18.2 Å². The number of carbonyl (C=O) groups excluding carboxylic acids is 4. The Kier molecular flexibility index (Phi) is 6.03. The molecule has 0 aromatic heterocycles. The van der Waals surface area contributed by atoms with Gasteiger partial charge in [0, 0.05) is 13.1 Å². The van der Waals surface area contributed by atoms with Crippen molar-refractivity contribution in [3.8, 4) is 0 Å². The highest BCUT2D eigenvalue weighted by molar-refractivity contribution is 7.91. The van der Waals surface area contributed by atoms with Crippen LogP contribution in [0.25, 0.3) is 0 Å². The monoisotopic (exact) mass is 470 g/mol. The molecule has 3 amide bonds. The van der Waals surface area contributed by atoms with Crippen LogP contribution in [-0.2, 0) is 25.9 Å². The number of sulfone groups is 1. The largest absolute Gasteiger partial charge is 0.452 e. The van der Waals surface area contributed by atoms with Crippen molar-refractivity contribution in [3.63, 3.8) is 0 Å². The van der Waals surface area contributed by atoms with Gasteiger partial charge < -0.3 is 9.64 Å². The molecule has 1 unspecified atom stereocenters. The molecule has 2 heterocycles. The van der Waals surface area contributed by atoms with E-state index < -0.39 is 46.2 Å². The van der Waals surface area contributed by atoms with Gasteiger partial charge in [0.15, 0.2) is 16.4 Å². The molecule has 2 aliphatic heterocycles. The maximum atomic E-state index is 12.8. The van der Waals surface area contributed by atoms with Crippen LogP contribution in [0.15, 0.2) is 48.5 Å². The predicted molar refractivity (Wildman–Crippen MR) is 117 cm³/mol. The molecule has 2 aromatic rings. The Balaban J connectivity index is 1.40. The topological polar surface area (TPSA) is 118 Å². The molecule has 0 N–H and O–H groups in total. The predicted octanol–water partition coefficient (Wildman–Crippen LogP) is 1.29. The summed E-state index contributed by atoms with van der Waals surface area (Å²) in [5, 5.41) is 0. The molecule has 0 bridgehead atoms. The Hall–Kier alpha value is -3.53. The third-order valence-electron chi connectivity index (χ3n) is 5.87. The number of hydrogen-bond acceptors (Lipinski definition) is 7. The summed E-state index contributed by atoms with van der Waals surface area (Å²) in [6.45, 7) is -0.444. The second kappa shape index (κ2) is 8.78. The van der Waals surface area contributed by atoms with Crippen LogP contribution >= 0.6 is 0 Å². The summed E-state index contributed by atoms with van der Waals surface area (Å²) in [6, 6.07) is 12.7. The number of amides is 3. The second-order valence-electron chi connectivity index (χ2n) is 8.08. The normalized spacial score (nSPS) is 18.8. The van der Waals surface area contributed by atoms with Crippen LogP contribution in [0, 0.1) is 0 Å². The van der Waals surface area contributed by atoms with Crippen LogP contribution in [0.5, 0.6) is 0 Å². The molecule has 2 aliphatic rings. The van der Waals surface area contributed by atoms with E-state index in [-0.39, 0.29) is 34.7 Å². The zero-order valence-electron chi connectivity index (χ0n) is 17.9. The van der Waals surface area contributed by atoms with Crippen LogP contribution in [0.1, 0.15) is 43.1 Å². The number of ether oxygens (including phenoxy) is 1. The van der Waals surface area contributed by atoms with Crippen molar-refractivity contribution in [2.75, 3.05) is 25.2 Å². The minimum Gasteiger partial charge on any atom is -0.452 e. The highest BCUT2D eigenvalue weighted by Crippen LogP contribution is 2.26. The lowest BCUT2D eigenvalue weighted by Crippen LogP contribution is -2.40. The zero-order valence-corrected chi connectivity index (χ0v) is 18.7. The van der Waals surface area contributed by atoms with Crippen molar-refractivity contribution in [2.45, 2.75) is 19.0 Å². The second-order valence-corrected chi connectivity index (χ2v) is 10.3. The van der Waals surface area contributed by atoms with E-state index in [1.165, 1.54) is 30.1 Å². The summed E-state index contributed by atoms with van der Waals surface area (Å²) in [4.78, 5) is 52.6. The number of nitrogens with zero attached hydrogens (tertiary/aromatic N) is 2. The van der Waals surface area contributed by atoms with Gasteiger partial charge in [-0.05, 0) is 30.2 Å². The minimum absolute atomic E-state index is 0.0260. The number of rotatable bonds is 6. The van der Waals surface area contributed by atoms with Crippen molar-refractivity contribution in [1.29, 1.82) is 0 Å². The lowest BCUT2D eigenvalue weighted by atomic mass is 10.1. The first-order valence-electron chi connectivity index (χ1n) is 10.3. The molecule has 172 valence electrons. The van der Waals surface area contributed by atoms with E-state index in [0.717, 1.165) is 10.5 Å². The summed E-state index contributed by atoms with van der Waals surface area (Å²) in [5.74, 6) is -2.37. The van der Waals surface area contributed by atoms with Gasteiger partial charge in [-0.25, -0.2) is 13.2 Å². The average molecular weight is 471 g/mol. The van der Waals surface area contributed by atoms with Crippen molar-refractivity contribution >= 4 is 33.5 Å². The lowest BCUT2D eigenvalue weighted by molar-refractivity contribution is -0.134. The highest BCUT2D eigenvalue weighted by Gasteiger charge is 2.36. The van der Waals surface area contributed by atoms with Crippen LogP contribution in [0.2, 0.25) is 0 Å². The third-order valence-corrected chi connectivity index (χ3v) is 7.62. The summed E-state index contributed by atoms with van der Waals surface area (Å²) in [5.41, 5.74) is 1.13. The molecule has 0 spiro atoms. The molecule has 1 atom stereocenters. The van der Waals surface area contributed by atoms with E-state index in [1.54, 1.807) is 12.1 Å². The number of likely N-dealkylation sites (N-methyl/N-ethyl adjacent to an activating group) is 1. The van der Waals surface area contributed by atoms with Gasteiger partial charge in [0.2, 0.25) is 0 Å². The minimum atomic E-state index is -3.15. The van der Waals surface area contributed by atoms with E-state index in [0.29, 0.717) is 6.42 Å². The molecule has 4 rings (SSSR count). The number of esters is 1. The van der Waals surface area contributed by atoms with Crippen LogP contribution < -0.4 is 0 Å². The van der Waals surface area contributed by atoms with Gasteiger partial charge in [-0.1, -0.05) is 30.3 Å². The summed E-state index contributed by atoms with van der Waals surface area (Å²) in [6.07, 6.45) is 0.346. The lowest BCUT2D eigenvalue weighted by Gasteiger charge is -2.23. The van der Waals surface area contributed by atoms with Gasteiger partial charge in [-0.2, -0.15) is 0 Å². The molecule has 0 saturated carbocycles. The Bertz CT molecular complexity index is 1240. The molecule has 1 saturated heterocycles.